The average molecular weight is 361 g/mol. The molecule has 0 N–H and O–H groups in total. The van der Waals surface area contributed by atoms with Gasteiger partial charge in [0, 0.05) is 37.5 Å². The van der Waals surface area contributed by atoms with Gasteiger partial charge in [-0.3, -0.25) is 9.59 Å². The SMILES string of the molecule is CCOC(=O)CCc1c(C)c2ccc(OCC(=O)N(C)C)cc2oc1=O. The van der Waals surface area contributed by atoms with Gasteiger partial charge >= 0.3 is 11.6 Å². The minimum Gasteiger partial charge on any atom is -0.484 e. The number of amides is 1. The molecule has 0 aliphatic heterocycles. The molecule has 0 aliphatic rings. The van der Waals surface area contributed by atoms with Gasteiger partial charge in [-0.2, -0.15) is 0 Å². The van der Waals surface area contributed by atoms with Gasteiger partial charge in [0.1, 0.15) is 11.3 Å². The summed E-state index contributed by atoms with van der Waals surface area (Å²) in [6.07, 6.45) is 0.386. The third-order valence-electron chi connectivity index (χ3n) is 4.00. The van der Waals surface area contributed by atoms with Crippen molar-refractivity contribution >= 4 is 22.8 Å². The lowest BCUT2D eigenvalue weighted by Gasteiger charge is -2.12. The molecule has 26 heavy (non-hydrogen) atoms. The highest BCUT2D eigenvalue weighted by Crippen LogP contribution is 2.24. The van der Waals surface area contributed by atoms with Gasteiger partial charge in [0.2, 0.25) is 0 Å². The molecule has 1 heterocycles. The zero-order valence-electron chi connectivity index (χ0n) is 15.5. The predicted octanol–water partition coefficient (Wildman–Crippen LogP) is 2.06. The maximum atomic E-state index is 12.3. The van der Waals surface area contributed by atoms with Gasteiger partial charge in [0.15, 0.2) is 6.61 Å². The van der Waals surface area contributed by atoms with Gasteiger partial charge in [-0.15, -0.1) is 0 Å². The van der Waals surface area contributed by atoms with E-state index in [0.717, 1.165) is 10.9 Å². The van der Waals surface area contributed by atoms with Crippen LogP contribution in [0.4, 0.5) is 0 Å². The number of benzene rings is 1. The number of nitrogens with zero attached hydrogens (tertiary/aromatic N) is 1. The van der Waals surface area contributed by atoms with Crippen molar-refractivity contribution in [2.75, 3.05) is 27.3 Å². The smallest absolute Gasteiger partial charge is 0.339 e. The van der Waals surface area contributed by atoms with Crippen LogP contribution in [0.3, 0.4) is 0 Å². The summed E-state index contributed by atoms with van der Waals surface area (Å²) in [6.45, 7) is 3.76. The molecule has 0 fully saturated rings. The molecule has 1 aromatic heterocycles. The number of rotatable bonds is 7. The van der Waals surface area contributed by atoms with E-state index in [4.69, 9.17) is 13.9 Å². The van der Waals surface area contributed by atoms with E-state index in [0.29, 0.717) is 23.5 Å². The third kappa shape index (κ3) is 4.62. The molecule has 1 amide bonds. The zero-order valence-corrected chi connectivity index (χ0v) is 15.5. The van der Waals surface area contributed by atoms with Crippen LogP contribution in [-0.4, -0.2) is 44.1 Å². The number of carbonyl (C=O) groups is 2. The Hall–Kier alpha value is -2.83. The quantitative estimate of drug-likeness (QED) is 0.554. The highest BCUT2D eigenvalue weighted by atomic mass is 16.5. The van der Waals surface area contributed by atoms with E-state index < -0.39 is 5.63 Å². The van der Waals surface area contributed by atoms with E-state index in [1.165, 1.54) is 4.90 Å². The molecule has 0 unspecified atom stereocenters. The van der Waals surface area contributed by atoms with E-state index in [2.05, 4.69) is 0 Å². The first-order chi connectivity index (χ1) is 12.3. The van der Waals surface area contributed by atoms with Gasteiger partial charge in [0.25, 0.3) is 5.91 Å². The van der Waals surface area contributed by atoms with Crippen LogP contribution in [0.2, 0.25) is 0 Å². The number of hydrogen-bond acceptors (Lipinski definition) is 6. The van der Waals surface area contributed by atoms with Crippen LogP contribution >= 0.6 is 0 Å². The van der Waals surface area contributed by atoms with Crippen LogP contribution in [0, 0.1) is 6.92 Å². The Labute approximate surface area is 151 Å². The van der Waals surface area contributed by atoms with E-state index in [1.54, 1.807) is 39.2 Å². The molecule has 0 saturated heterocycles. The second-order valence-electron chi connectivity index (χ2n) is 6.03. The Morgan fingerprint density at radius 3 is 2.62 bits per heavy atom. The van der Waals surface area contributed by atoms with Crippen LogP contribution in [0.25, 0.3) is 11.0 Å². The molecule has 0 saturated carbocycles. The van der Waals surface area contributed by atoms with Crippen LogP contribution in [0.5, 0.6) is 5.75 Å². The average Bonchev–Trinajstić information content (AvgIpc) is 2.59. The lowest BCUT2D eigenvalue weighted by molar-refractivity contribution is -0.143. The Morgan fingerprint density at radius 2 is 1.96 bits per heavy atom. The molecule has 2 rings (SSSR count). The molecule has 0 atom stereocenters. The Kier molecular flexibility index (Phi) is 6.38. The van der Waals surface area contributed by atoms with Crippen molar-refractivity contribution in [2.24, 2.45) is 0 Å². The fraction of sp³-hybridized carbons (Fsp3) is 0.421. The largest absolute Gasteiger partial charge is 0.484 e. The number of ether oxygens (including phenoxy) is 2. The van der Waals surface area contributed by atoms with Crippen molar-refractivity contribution in [3.05, 3.63) is 39.7 Å². The predicted molar refractivity (Wildman–Crippen MR) is 96.4 cm³/mol. The van der Waals surface area contributed by atoms with Crippen LogP contribution in [0.1, 0.15) is 24.5 Å². The number of likely N-dealkylation sites (N-methyl/N-ethyl adjacent to an activating group) is 1. The number of fused-ring (bicyclic) bond motifs is 1. The normalized spacial score (nSPS) is 10.6. The third-order valence-corrected chi connectivity index (χ3v) is 4.00. The summed E-state index contributed by atoms with van der Waals surface area (Å²) in [6, 6.07) is 5.08. The minimum atomic E-state index is -0.485. The molecule has 1 aromatic carbocycles. The molecule has 140 valence electrons. The van der Waals surface area contributed by atoms with Crippen molar-refractivity contribution in [3.63, 3.8) is 0 Å². The first-order valence-electron chi connectivity index (χ1n) is 8.38. The summed E-state index contributed by atoms with van der Waals surface area (Å²) in [4.78, 5) is 36.8. The molecule has 0 bridgehead atoms. The van der Waals surface area contributed by atoms with Gasteiger partial charge < -0.3 is 18.8 Å². The Balaban J connectivity index is 2.23. The highest BCUT2D eigenvalue weighted by molar-refractivity contribution is 5.83. The lowest BCUT2D eigenvalue weighted by Crippen LogP contribution is -2.27. The molecule has 7 heteroatoms. The van der Waals surface area contributed by atoms with E-state index in [-0.39, 0.29) is 31.3 Å². The molecule has 7 nitrogen and oxygen atoms in total. The first-order valence-corrected chi connectivity index (χ1v) is 8.38. The summed E-state index contributed by atoms with van der Waals surface area (Å²) in [5.41, 5.74) is 1.11. The van der Waals surface area contributed by atoms with Gasteiger partial charge in [-0.25, -0.2) is 4.79 Å². The second-order valence-corrected chi connectivity index (χ2v) is 6.03. The maximum Gasteiger partial charge on any atom is 0.339 e. The molecule has 0 aliphatic carbocycles. The first kappa shape index (κ1) is 19.5. The number of aryl methyl sites for hydroxylation is 1. The van der Waals surface area contributed by atoms with Crippen LogP contribution in [0.15, 0.2) is 27.4 Å². The number of hydrogen-bond donors (Lipinski definition) is 0. The fourth-order valence-corrected chi connectivity index (χ4v) is 2.49. The fourth-order valence-electron chi connectivity index (χ4n) is 2.49. The summed E-state index contributed by atoms with van der Waals surface area (Å²) < 4.78 is 15.7. The summed E-state index contributed by atoms with van der Waals surface area (Å²) in [5.74, 6) is -0.0766. The van der Waals surface area contributed by atoms with Gasteiger partial charge in [0.05, 0.1) is 6.61 Å². The lowest BCUT2D eigenvalue weighted by atomic mass is 10.0. The number of carbonyl (C=O) groups excluding carboxylic acids is 2. The van der Waals surface area contributed by atoms with Crippen LogP contribution in [-0.2, 0) is 20.7 Å². The van der Waals surface area contributed by atoms with Gasteiger partial charge in [-0.1, -0.05) is 0 Å². The number of esters is 1. The maximum absolute atomic E-state index is 12.3. The monoisotopic (exact) mass is 361 g/mol. The van der Waals surface area contributed by atoms with Crippen LogP contribution < -0.4 is 10.4 Å². The molecular weight excluding hydrogens is 338 g/mol. The van der Waals surface area contributed by atoms with E-state index in [9.17, 15) is 14.4 Å². The van der Waals surface area contributed by atoms with Crippen molar-refractivity contribution in [3.8, 4) is 5.75 Å². The second kappa shape index (κ2) is 8.51. The zero-order chi connectivity index (χ0) is 19.3. The van der Waals surface area contributed by atoms with E-state index >= 15 is 0 Å². The molecule has 2 aromatic rings. The van der Waals surface area contributed by atoms with E-state index in [1.807, 2.05) is 6.92 Å². The minimum absolute atomic E-state index is 0.0979. The molecule has 0 radical (unpaired) electrons. The molecule has 0 spiro atoms. The Bertz CT molecular complexity index is 868. The molecular formula is C19H23NO6. The van der Waals surface area contributed by atoms with Crippen molar-refractivity contribution in [1.82, 2.24) is 4.90 Å². The standard InChI is InChI=1S/C19H23NO6/c1-5-24-18(22)9-8-15-12(2)14-7-6-13(10-16(14)26-19(15)23)25-11-17(21)20(3)4/h6-7,10H,5,8-9,11H2,1-4H3. The van der Waals surface area contributed by atoms with Crippen molar-refractivity contribution < 1.29 is 23.5 Å². The van der Waals surface area contributed by atoms with Gasteiger partial charge in [-0.05, 0) is 38.0 Å². The summed E-state index contributed by atoms with van der Waals surface area (Å²) in [5, 5.41) is 0.759. The van der Waals surface area contributed by atoms with Crippen molar-refractivity contribution in [1.29, 1.82) is 0 Å². The summed E-state index contributed by atoms with van der Waals surface area (Å²) in [7, 11) is 3.29. The summed E-state index contributed by atoms with van der Waals surface area (Å²) >= 11 is 0. The Morgan fingerprint density at radius 1 is 1.23 bits per heavy atom. The highest BCUT2D eigenvalue weighted by Gasteiger charge is 2.14. The topological polar surface area (TPSA) is 86.1 Å². The van der Waals surface area contributed by atoms with Crippen molar-refractivity contribution in [2.45, 2.75) is 26.7 Å².